The molecule has 37 heavy (non-hydrogen) atoms. The summed E-state index contributed by atoms with van der Waals surface area (Å²) < 4.78 is 25.9. The summed E-state index contributed by atoms with van der Waals surface area (Å²) in [7, 11) is 0. The first kappa shape index (κ1) is 25.9. The number of carbonyl (C=O) groups excluding carboxylic acids is 2. The molecular weight excluding hydrogens is 559 g/mol. The van der Waals surface area contributed by atoms with Crippen molar-refractivity contribution >= 4 is 39.1 Å². The van der Waals surface area contributed by atoms with Crippen LogP contribution in [-0.2, 0) is 16.0 Å². The van der Waals surface area contributed by atoms with Crippen LogP contribution >= 0.6 is 27.3 Å². The van der Waals surface area contributed by atoms with E-state index in [9.17, 15) is 14.0 Å². The molecule has 0 saturated carbocycles. The highest BCUT2D eigenvalue weighted by molar-refractivity contribution is 9.10. The molecule has 0 bridgehead atoms. The van der Waals surface area contributed by atoms with E-state index in [0.29, 0.717) is 31.0 Å². The van der Waals surface area contributed by atoms with E-state index in [2.05, 4.69) is 15.9 Å². The number of carbonyl (C=O) groups is 2. The summed E-state index contributed by atoms with van der Waals surface area (Å²) in [6.07, 6.45) is 2.50. The van der Waals surface area contributed by atoms with Crippen molar-refractivity contribution < 1.29 is 23.5 Å². The second-order valence-electron chi connectivity index (χ2n) is 9.25. The van der Waals surface area contributed by atoms with E-state index in [1.54, 1.807) is 40.5 Å². The third-order valence-electron chi connectivity index (χ3n) is 6.77. The summed E-state index contributed by atoms with van der Waals surface area (Å²) in [5, 5.41) is 2.03. The fraction of sp³-hybridized carbons (Fsp3) is 0.357. The Morgan fingerprint density at radius 3 is 2.78 bits per heavy atom. The molecule has 1 fully saturated rings. The minimum atomic E-state index is -0.330. The van der Waals surface area contributed by atoms with Crippen LogP contribution in [0.5, 0.6) is 5.75 Å². The smallest absolute Gasteiger partial charge is 0.254 e. The summed E-state index contributed by atoms with van der Waals surface area (Å²) in [5.41, 5.74) is 1.59. The van der Waals surface area contributed by atoms with Crippen LogP contribution in [0.25, 0.3) is 0 Å². The van der Waals surface area contributed by atoms with Crippen molar-refractivity contribution in [2.75, 3.05) is 32.8 Å². The van der Waals surface area contributed by atoms with Gasteiger partial charge < -0.3 is 19.3 Å². The third-order valence-corrected chi connectivity index (χ3v) is 8.26. The van der Waals surface area contributed by atoms with E-state index in [-0.39, 0.29) is 42.9 Å². The molecule has 3 aromatic rings. The maximum Gasteiger partial charge on any atom is 0.254 e. The van der Waals surface area contributed by atoms with Crippen molar-refractivity contribution in [1.29, 1.82) is 0 Å². The summed E-state index contributed by atoms with van der Waals surface area (Å²) in [6, 6.07) is 14.8. The molecule has 1 saturated heterocycles. The van der Waals surface area contributed by atoms with Crippen molar-refractivity contribution in [3.8, 4) is 5.75 Å². The lowest BCUT2D eigenvalue weighted by Gasteiger charge is -2.37. The van der Waals surface area contributed by atoms with E-state index in [0.717, 1.165) is 29.3 Å². The Hall–Kier alpha value is -2.75. The van der Waals surface area contributed by atoms with Crippen molar-refractivity contribution in [2.24, 2.45) is 0 Å². The van der Waals surface area contributed by atoms with Gasteiger partial charge in [-0.05, 0) is 78.7 Å². The van der Waals surface area contributed by atoms with Crippen LogP contribution in [0.2, 0.25) is 0 Å². The number of ether oxygens (including phenoxy) is 2. The van der Waals surface area contributed by atoms with Gasteiger partial charge in [0.2, 0.25) is 5.91 Å². The van der Waals surface area contributed by atoms with Crippen LogP contribution in [0.1, 0.15) is 39.7 Å². The number of benzene rings is 2. The van der Waals surface area contributed by atoms with Gasteiger partial charge in [0.05, 0.1) is 12.1 Å². The minimum absolute atomic E-state index is 0.0439. The summed E-state index contributed by atoms with van der Waals surface area (Å²) in [4.78, 5) is 31.9. The maximum atomic E-state index is 13.8. The molecule has 0 radical (unpaired) electrons. The van der Waals surface area contributed by atoms with E-state index in [1.807, 2.05) is 28.5 Å². The Balaban J connectivity index is 1.35. The first-order valence-electron chi connectivity index (χ1n) is 12.4. The lowest BCUT2D eigenvalue weighted by Crippen LogP contribution is -2.49. The molecular formula is C28H28BrFN2O4S. The van der Waals surface area contributed by atoms with Gasteiger partial charge in [0.1, 0.15) is 24.7 Å². The number of hydrogen-bond acceptors (Lipinski definition) is 5. The predicted molar refractivity (Wildman–Crippen MR) is 143 cm³/mol. The number of nitrogens with zero attached hydrogens (tertiary/aromatic N) is 2. The van der Waals surface area contributed by atoms with Gasteiger partial charge in [-0.1, -0.05) is 22.0 Å². The molecule has 3 heterocycles. The fourth-order valence-electron chi connectivity index (χ4n) is 4.89. The lowest BCUT2D eigenvalue weighted by atomic mass is 10.00. The number of thiophene rings is 1. The van der Waals surface area contributed by atoms with Crippen molar-refractivity contribution in [2.45, 2.75) is 31.4 Å². The molecule has 0 unspecified atom stereocenters. The van der Waals surface area contributed by atoms with Crippen molar-refractivity contribution in [1.82, 2.24) is 9.80 Å². The van der Waals surface area contributed by atoms with Gasteiger partial charge in [0, 0.05) is 34.6 Å². The first-order valence-corrected chi connectivity index (χ1v) is 14.1. The number of halogens is 2. The number of amides is 2. The molecule has 0 N–H and O–H groups in total. The number of hydrogen-bond donors (Lipinski definition) is 0. The molecule has 2 aliphatic heterocycles. The number of fused-ring (bicyclic) bond motifs is 1. The van der Waals surface area contributed by atoms with Gasteiger partial charge >= 0.3 is 0 Å². The second-order valence-corrected chi connectivity index (χ2v) is 11.2. The Bertz CT molecular complexity index is 1240. The normalized spacial score (nSPS) is 18.9. The van der Waals surface area contributed by atoms with Gasteiger partial charge in [-0.15, -0.1) is 11.3 Å². The van der Waals surface area contributed by atoms with E-state index in [4.69, 9.17) is 9.47 Å². The zero-order chi connectivity index (χ0) is 25.8. The van der Waals surface area contributed by atoms with E-state index >= 15 is 0 Å². The predicted octanol–water partition coefficient (Wildman–Crippen LogP) is 5.48. The first-order chi connectivity index (χ1) is 18.0. The van der Waals surface area contributed by atoms with Gasteiger partial charge in [-0.3, -0.25) is 9.59 Å². The Morgan fingerprint density at radius 2 is 2.03 bits per heavy atom. The standard InChI is InChI=1S/C28H28BrFN2O4S/c29-20-4-1-3-19(15-20)28(34)31(16-23-5-2-13-35-23)17-27(33)32-12-10-26-24(11-14-37-26)25(32)18-36-22-8-6-21(30)7-9-22/h1,3-4,6-9,11,14-15,23,25H,2,5,10,12-13,16-18H2/t23-,25-/m1/s1. The molecule has 194 valence electrons. The Labute approximate surface area is 228 Å². The summed E-state index contributed by atoms with van der Waals surface area (Å²) in [6.45, 7) is 1.78. The summed E-state index contributed by atoms with van der Waals surface area (Å²) >= 11 is 5.11. The topological polar surface area (TPSA) is 59.1 Å². The molecule has 2 atom stereocenters. The van der Waals surface area contributed by atoms with Gasteiger partial charge in [-0.2, -0.15) is 0 Å². The van der Waals surface area contributed by atoms with Gasteiger partial charge in [0.15, 0.2) is 0 Å². The molecule has 0 aliphatic carbocycles. The molecule has 2 aliphatic rings. The van der Waals surface area contributed by atoms with Gasteiger partial charge in [-0.25, -0.2) is 4.39 Å². The SMILES string of the molecule is O=C(c1cccc(Br)c1)N(CC(=O)N1CCc2sccc2[C@H]1COc1ccc(F)cc1)C[C@H]1CCCO1. The highest BCUT2D eigenvalue weighted by Gasteiger charge is 2.34. The molecule has 1 aromatic heterocycles. The van der Waals surface area contributed by atoms with Crippen LogP contribution in [0.15, 0.2) is 64.5 Å². The molecule has 5 rings (SSSR count). The zero-order valence-corrected chi connectivity index (χ0v) is 22.7. The molecule has 2 amide bonds. The fourth-order valence-corrected chi connectivity index (χ4v) is 6.22. The second kappa shape index (κ2) is 11.8. The van der Waals surface area contributed by atoms with E-state index in [1.165, 1.54) is 17.0 Å². The van der Waals surface area contributed by atoms with Crippen LogP contribution in [0, 0.1) is 5.82 Å². The van der Waals surface area contributed by atoms with Crippen molar-refractivity contribution in [3.05, 3.63) is 86.3 Å². The average Bonchev–Trinajstić information content (AvgIpc) is 3.59. The minimum Gasteiger partial charge on any atom is -0.491 e. The van der Waals surface area contributed by atoms with Gasteiger partial charge in [0.25, 0.3) is 5.91 Å². The highest BCUT2D eigenvalue weighted by Crippen LogP contribution is 2.34. The lowest BCUT2D eigenvalue weighted by molar-refractivity contribution is -0.135. The third kappa shape index (κ3) is 6.22. The monoisotopic (exact) mass is 586 g/mol. The van der Waals surface area contributed by atoms with Crippen LogP contribution < -0.4 is 4.74 Å². The quantitative estimate of drug-likeness (QED) is 0.351. The van der Waals surface area contributed by atoms with Crippen LogP contribution in [0.4, 0.5) is 4.39 Å². The average molecular weight is 588 g/mol. The zero-order valence-electron chi connectivity index (χ0n) is 20.3. The van der Waals surface area contributed by atoms with Crippen LogP contribution in [0.3, 0.4) is 0 Å². The molecule has 2 aromatic carbocycles. The molecule has 6 nitrogen and oxygen atoms in total. The van der Waals surface area contributed by atoms with Crippen molar-refractivity contribution in [3.63, 3.8) is 0 Å². The highest BCUT2D eigenvalue weighted by atomic mass is 79.9. The number of rotatable bonds is 8. The molecule has 9 heteroatoms. The van der Waals surface area contributed by atoms with Crippen LogP contribution in [-0.4, -0.2) is 60.6 Å². The van der Waals surface area contributed by atoms with E-state index < -0.39 is 0 Å². The maximum absolute atomic E-state index is 13.8. The molecule has 0 spiro atoms. The Kier molecular flexibility index (Phi) is 8.22. The summed E-state index contributed by atoms with van der Waals surface area (Å²) in [5.74, 6) is -0.118. The Morgan fingerprint density at radius 1 is 1.19 bits per heavy atom. The largest absolute Gasteiger partial charge is 0.491 e.